The average Bonchev–Trinajstić information content (AvgIpc) is 2.20. The molecular formula is C12H16O4S. The molecular weight excluding hydrogens is 240 g/mol. The summed E-state index contributed by atoms with van der Waals surface area (Å²) in [5.74, 6) is -1.16. The third-order valence-corrected chi connectivity index (χ3v) is 4.79. The smallest absolute Gasteiger partial charge is 0.335 e. The van der Waals surface area contributed by atoms with Crippen LogP contribution in [-0.2, 0) is 15.6 Å². The van der Waals surface area contributed by atoms with E-state index in [0.29, 0.717) is 11.1 Å². The summed E-state index contributed by atoms with van der Waals surface area (Å²) in [6, 6.07) is 4.72. The molecule has 1 rings (SSSR count). The van der Waals surface area contributed by atoms with Gasteiger partial charge in [-0.25, -0.2) is 13.2 Å². The van der Waals surface area contributed by atoms with Crippen LogP contribution in [0.15, 0.2) is 18.2 Å². The summed E-state index contributed by atoms with van der Waals surface area (Å²) in [7, 11) is -3.20. The maximum absolute atomic E-state index is 11.7. The van der Waals surface area contributed by atoms with Crippen molar-refractivity contribution >= 4 is 15.8 Å². The summed E-state index contributed by atoms with van der Waals surface area (Å²) in [6.07, 6.45) is 0. The molecule has 0 spiro atoms. The van der Waals surface area contributed by atoms with Gasteiger partial charge in [0.25, 0.3) is 0 Å². The van der Waals surface area contributed by atoms with Gasteiger partial charge in [-0.15, -0.1) is 0 Å². The number of aromatic carboxylic acids is 1. The predicted octanol–water partition coefficient (Wildman–Crippen LogP) is 2.02. The molecule has 17 heavy (non-hydrogen) atoms. The van der Waals surface area contributed by atoms with Gasteiger partial charge in [0.1, 0.15) is 0 Å². The van der Waals surface area contributed by atoms with Gasteiger partial charge in [0, 0.05) is 0 Å². The molecule has 0 heterocycles. The molecule has 94 valence electrons. The Morgan fingerprint density at radius 1 is 1.35 bits per heavy atom. The highest BCUT2D eigenvalue weighted by Gasteiger charge is 2.18. The van der Waals surface area contributed by atoms with Crippen LogP contribution in [0.2, 0.25) is 0 Å². The van der Waals surface area contributed by atoms with Gasteiger partial charge in [-0.05, 0) is 38.0 Å². The first-order chi connectivity index (χ1) is 7.74. The molecule has 0 aromatic heterocycles. The first-order valence-corrected chi connectivity index (χ1v) is 7.00. The Kier molecular flexibility index (Phi) is 3.93. The van der Waals surface area contributed by atoms with Gasteiger partial charge in [0.05, 0.1) is 16.6 Å². The summed E-state index contributed by atoms with van der Waals surface area (Å²) >= 11 is 0. The standard InChI is InChI=1S/C12H16O4S/c1-8(2)17(15,16)7-10-5-4-9(3)11(6-10)12(13)14/h4-6,8H,7H2,1-3H3,(H,13,14). The molecule has 0 aliphatic carbocycles. The first kappa shape index (κ1) is 13.7. The van der Waals surface area contributed by atoms with Gasteiger partial charge in [0.15, 0.2) is 9.84 Å². The van der Waals surface area contributed by atoms with E-state index in [1.54, 1.807) is 32.9 Å². The molecule has 0 aliphatic rings. The lowest BCUT2D eigenvalue weighted by molar-refractivity contribution is 0.0696. The van der Waals surface area contributed by atoms with Crippen LogP contribution in [0.5, 0.6) is 0 Å². The van der Waals surface area contributed by atoms with E-state index in [4.69, 9.17) is 5.11 Å². The quantitative estimate of drug-likeness (QED) is 0.894. The zero-order valence-corrected chi connectivity index (χ0v) is 10.9. The normalized spacial score (nSPS) is 11.8. The van der Waals surface area contributed by atoms with Crippen molar-refractivity contribution < 1.29 is 18.3 Å². The SMILES string of the molecule is Cc1ccc(CS(=O)(=O)C(C)C)cc1C(=O)O. The van der Waals surface area contributed by atoms with Gasteiger partial charge in [-0.1, -0.05) is 12.1 Å². The van der Waals surface area contributed by atoms with Crippen molar-refractivity contribution in [2.75, 3.05) is 0 Å². The van der Waals surface area contributed by atoms with Crippen LogP contribution in [0, 0.1) is 6.92 Å². The van der Waals surface area contributed by atoms with Gasteiger partial charge < -0.3 is 5.11 Å². The minimum atomic E-state index is -3.20. The second kappa shape index (κ2) is 4.87. The van der Waals surface area contributed by atoms with E-state index in [9.17, 15) is 13.2 Å². The third kappa shape index (κ3) is 3.30. The second-order valence-electron chi connectivity index (χ2n) is 4.31. The lowest BCUT2D eigenvalue weighted by Crippen LogP contribution is -2.16. The van der Waals surface area contributed by atoms with Crippen LogP contribution in [-0.4, -0.2) is 24.7 Å². The van der Waals surface area contributed by atoms with E-state index in [2.05, 4.69) is 0 Å². The number of benzene rings is 1. The lowest BCUT2D eigenvalue weighted by Gasteiger charge is -2.09. The average molecular weight is 256 g/mol. The molecule has 1 aromatic carbocycles. The van der Waals surface area contributed by atoms with Crippen molar-refractivity contribution in [1.29, 1.82) is 0 Å². The van der Waals surface area contributed by atoms with Crippen LogP contribution in [0.1, 0.15) is 35.3 Å². The molecule has 0 unspecified atom stereocenters. The minimum Gasteiger partial charge on any atom is -0.478 e. The summed E-state index contributed by atoms with van der Waals surface area (Å²) in [6.45, 7) is 4.91. The van der Waals surface area contributed by atoms with Crippen molar-refractivity contribution in [3.63, 3.8) is 0 Å². The fourth-order valence-electron chi connectivity index (χ4n) is 1.39. The zero-order valence-electron chi connectivity index (χ0n) is 10.1. The van der Waals surface area contributed by atoms with Crippen molar-refractivity contribution in [3.8, 4) is 0 Å². The number of aryl methyl sites for hydroxylation is 1. The maximum atomic E-state index is 11.7. The van der Waals surface area contributed by atoms with Gasteiger partial charge in [-0.2, -0.15) is 0 Å². The fourth-order valence-corrected chi connectivity index (χ4v) is 2.37. The number of rotatable bonds is 4. The topological polar surface area (TPSA) is 71.4 Å². The summed E-state index contributed by atoms with van der Waals surface area (Å²) in [5.41, 5.74) is 1.30. The van der Waals surface area contributed by atoms with E-state index in [1.165, 1.54) is 6.07 Å². The predicted molar refractivity (Wildman–Crippen MR) is 65.9 cm³/mol. The number of carboxylic acids is 1. The Bertz CT molecular complexity index is 529. The van der Waals surface area contributed by atoms with E-state index >= 15 is 0 Å². The molecule has 0 bridgehead atoms. The van der Waals surface area contributed by atoms with Gasteiger partial charge in [0.2, 0.25) is 0 Å². The van der Waals surface area contributed by atoms with Crippen LogP contribution >= 0.6 is 0 Å². The Hall–Kier alpha value is -1.36. The van der Waals surface area contributed by atoms with E-state index < -0.39 is 21.1 Å². The minimum absolute atomic E-state index is 0.120. The van der Waals surface area contributed by atoms with Gasteiger partial charge in [-0.3, -0.25) is 0 Å². The number of sulfone groups is 1. The Balaban J connectivity index is 3.10. The summed E-state index contributed by atoms with van der Waals surface area (Å²) in [5, 5.41) is 8.49. The van der Waals surface area contributed by atoms with E-state index in [-0.39, 0.29) is 11.3 Å². The zero-order chi connectivity index (χ0) is 13.2. The fraction of sp³-hybridized carbons (Fsp3) is 0.417. The Morgan fingerprint density at radius 2 is 1.94 bits per heavy atom. The molecule has 4 nitrogen and oxygen atoms in total. The van der Waals surface area contributed by atoms with Crippen molar-refractivity contribution in [1.82, 2.24) is 0 Å². The van der Waals surface area contributed by atoms with Crippen molar-refractivity contribution in [2.45, 2.75) is 31.8 Å². The number of hydrogen-bond donors (Lipinski definition) is 1. The molecule has 5 heteroatoms. The van der Waals surface area contributed by atoms with E-state index in [1.807, 2.05) is 0 Å². The number of hydrogen-bond acceptors (Lipinski definition) is 3. The van der Waals surface area contributed by atoms with Crippen molar-refractivity contribution in [3.05, 3.63) is 34.9 Å². The first-order valence-electron chi connectivity index (χ1n) is 5.28. The highest BCUT2D eigenvalue weighted by Crippen LogP contribution is 2.15. The highest BCUT2D eigenvalue weighted by atomic mass is 32.2. The van der Waals surface area contributed by atoms with Crippen molar-refractivity contribution in [2.24, 2.45) is 0 Å². The molecule has 1 N–H and O–H groups in total. The lowest BCUT2D eigenvalue weighted by atomic mass is 10.1. The van der Waals surface area contributed by atoms with Crippen LogP contribution in [0.4, 0.5) is 0 Å². The molecule has 0 amide bonds. The van der Waals surface area contributed by atoms with Crippen LogP contribution < -0.4 is 0 Å². The number of carboxylic acid groups (broad SMARTS) is 1. The molecule has 1 aromatic rings. The monoisotopic (exact) mass is 256 g/mol. The molecule has 0 radical (unpaired) electrons. The Labute approximate surface area is 101 Å². The van der Waals surface area contributed by atoms with E-state index in [0.717, 1.165) is 0 Å². The second-order valence-corrected chi connectivity index (χ2v) is 6.87. The van der Waals surface area contributed by atoms with Crippen LogP contribution in [0.3, 0.4) is 0 Å². The Morgan fingerprint density at radius 3 is 2.41 bits per heavy atom. The molecule has 0 fully saturated rings. The molecule has 0 atom stereocenters. The maximum Gasteiger partial charge on any atom is 0.335 e. The third-order valence-electron chi connectivity index (χ3n) is 2.62. The molecule has 0 saturated heterocycles. The highest BCUT2D eigenvalue weighted by molar-refractivity contribution is 7.91. The molecule has 0 saturated carbocycles. The summed E-state index contributed by atoms with van der Waals surface area (Å²) < 4.78 is 23.4. The van der Waals surface area contributed by atoms with Gasteiger partial charge >= 0.3 is 5.97 Å². The molecule has 0 aliphatic heterocycles. The number of carbonyl (C=O) groups is 1. The van der Waals surface area contributed by atoms with Crippen LogP contribution in [0.25, 0.3) is 0 Å². The largest absolute Gasteiger partial charge is 0.478 e. The summed E-state index contributed by atoms with van der Waals surface area (Å²) in [4.78, 5) is 10.9.